The van der Waals surface area contributed by atoms with Crippen LogP contribution in [0.15, 0.2) is 77.6 Å². The first kappa shape index (κ1) is 20.2. The quantitative estimate of drug-likeness (QED) is 0.532. The number of benzene rings is 3. The molecule has 0 aliphatic rings. The predicted octanol–water partition coefficient (Wildman–Crippen LogP) is 4.45. The maximum Gasteiger partial charge on any atom is 0.267 e. The Balaban J connectivity index is 1.77. The van der Waals surface area contributed by atoms with Crippen LogP contribution in [-0.4, -0.2) is 22.6 Å². The number of amides is 1. The van der Waals surface area contributed by atoms with Crippen LogP contribution in [0.5, 0.6) is 17.2 Å². The number of pyridine rings is 1. The van der Waals surface area contributed by atoms with Crippen LogP contribution in [0.3, 0.4) is 0 Å². The molecule has 0 radical (unpaired) electrons. The third kappa shape index (κ3) is 3.73. The van der Waals surface area contributed by atoms with E-state index in [0.29, 0.717) is 28.1 Å². The van der Waals surface area contributed by atoms with Gasteiger partial charge in [-0.25, -0.2) is 4.39 Å². The molecule has 0 saturated heterocycles. The van der Waals surface area contributed by atoms with E-state index in [1.807, 2.05) is 18.2 Å². The summed E-state index contributed by atoms with van der Waals surface area (Å²) in [6.45, 7) is 0. The minimum Gasteiger partial charge on any atom is -0.506 e. The third-order valence-corrected chi connectivity index (χ3v) is 5.05. The lowest BCUT2D eigenvalue weighted by Gasteiger charge is -2.19. The second-order valence-electron chi connectivity index (χ2n) is 7.02. The van der Waals surface area contributed by atoms with E-state index in [1.165, 1.54) is 47.8 Å². The zero-order valence-electron chi connectivity index (χ0n) is 16.9. The van der Waals surface area contributed by atoms with Gasteiger partial charge in [-0.05, 0) is 48.5 Å². The number of anilines is 1. The van der Waals surface area contributed by atoms with Crippen LogP contribution < -0.4 is 15.2 Å². The number of nitrogens with zero attached hydrogens (tertiary/aromatic N) is 2. The van der Waals surface area contributed by atoms with Gasteiger partial charge in [0.05, 0.1) is 5.52 Å². The fraction of sp³-hybridized carbons (Fsp3) is 0.0833. The van der Waals surface area contributed by atoms with Gasteiger partial charge in [-0.1, -0.05) is 18.2 Å². The van der Waals surface area contributed by atoms with Crippen molar-refractivity contribution in [3.8, 4) is 17.2 Å². The molecule has 4 rings (SSSR count). The summed E-state index contributed by atoms with van der Waals surface area (Å²) >= 11 is 0. The van der Waals surface area contributed by atoms with Gasteiger partial charge in [0.1, 0.15) is 28.6 Å². The number of carbonyl (C=O) groups is 1. The third-order valence-electron chi connectivity index (χ3n) is 5.05. The SMILES string of the molecule is CN(C(=O)c1c(O)c2ccc(Oc3ccccc3)cc2n(C)c1=O)c1ccc(F)cc1. The fourth-order valence-electron chi connectivity index (χ4n) is 3.33. The molecule has 1 aromatic heterocycles. The lowest BCUT2D eigenvalue weighted by Crippen LogP contribution is -2.34. The van der Waals surface area contributed by atoms with E-state index in [2.05, 4.69) is 0 Å². The Hall–Kier alpha value is -4.13. The maximum absolute atomic E-state index is 13.2. The second-order valence-corrected chi connectivity index (χ2v) is 7.02. The molecular formula is C24H19FN2O4. The molecule has 0 saturated carbocycles. The monoisotopic (exact) mass is 418 g/mol. The highest BCUT2D eigenvalue weighted by atomic mass is 19.1. The molecular weight excluding hydrogens is 399 g/mol. The number of carbonyl (C=O) groups excluding carboxylic acids is 1. The Kier molecular flexibility index (Phi) is 5.17. The molecule has 0 aliphatic heterocycles. The number of rotatable bonds is 4. The smallest absolute Gasteiger partial charge is 0.267 e. The number of ether oxygens (including phenoxy) is 1. The summed E-state index contributed by atoms with van der Waals surface area (Å²) in [4.78, 5) is 27.2. The molecule has 0 atom stereocenters. The first-order valence-electron chi connectivity index (χ1n) is 9.49. The number of hydrogen-bond donors (Lipinski definition) is 1. The summed E-state index contributed by atoms with van der Waals surface area (Å²) in [6, 6.07) is 19.3. The molecule has 1 N–H and O–H groups in total. The molecule has 3 aromatic carbocycles. The van der Waals surface area contributed by atoms with Crippen molar-refractivity contribution >= 4 is 22.5 Å². The van der Waals surface area contributed by atoms with Crippen LogP contribution >= 0.6 is 0 Å². The molecule has 4 aromatic rings. The van der Waals surface area contributed by atoms with Crippen LogP contribution in [-0.2, 0) is 7.05 Å². The van der Waals surface area contributed by atoms with Gasteiger partial charge in [-0.15, -0.1) is 0 Å². The van der Waals surface area contributed by atoms with Gasteiger partial charge in [0.15, 0.2) is 0 Å². The van der Waals surface area contributed by atoms with E-state index >= 15 is 0 Å². The maximum atomic E-state index is 13.2. The van der Waals surface area contributed by atoms with Crippen LogP contribution in [0.25, 0.3) is 10.9 Å². The van der Waals surface area contributed by atoms with E-state index < -0.39 is 23.0 Å². The molecule has 0 spiro atoms. The number of aromatic hydroxyl groups is 1. The van der Waals surface area contributed by atoms with Crippen molar-refractivity contribution in [2.75, 3.05) is 11.9 Å². The van der Waals surface area contributed by atoms with Gasteiger partial charge in [-0.3, -0.25) is 9.59 Å². The van der Waals surface area contributed by atoms with Crippen LogP contribution in [0.2, 0.25) is 0 Å². The first-order valence-corrected chi connectivity index (χ1v) is 9.49. The van der Waals surface area contributed by atoms with Gasteiger partial charge in [-0.2, -0.15) is 0 Å². The second kappa shape index (κ2) is 7.95. The largest absolute Gasteiger partial charge is 0.506 e. The Morgan fingerprint density at radius 3 is 2.35 bits per heavy atom. The summed E-state index contributed by atoms with van der Waals surface area (Å²) in [5.74, 6) is -0.443. The standard InChI is InChI=1S/C24H19FN2O4/c1-26(16-10-8-15(25)9-11-16)23(29)21-22(28)19-13-12-18(14-20(19)27(2)24(21)30)31-17-6-4-3-5-7-17/h3-14,28H,1-2H3. The van der Waals surface area contributed by atoms with Crippen molar-refractivity contribution in [1.29, 1.82) is 0 Å². The minimum absolute atomic E-state index is 0.332. The molecule has 1 amide bonds. The Bertz CT molecular complexity index is 1330. The van der Waals surface area contributed by atoms with Crippen LogP contribution in [0.4, 0.5) is 10.1 Å². The van der Waals surface area contributed by atoms with Crippen molar-refractivity contribution in [3.05, 3.63) is 94.5 Å². The van der Waals surface area contributed by atoms with Crippen molar-refractivity contribution in [2.24, 2.45) is 7.05 Å². The highest BCUT2D eigenvalue weighted by molar-refractivity contribution is 6.10. The van der Waals surface area contributed by atoms with E-state index in [0.717, 1.165) is 0 Å². The normalized spacial score (nSPS) is 10.8. The van der Waals surface area contributed by atoms with Gasteiger partial charge in [0.2, 0.25) is 0 Å². The topological polar surface area (TPSA) is 71.8 Å². The number of fused-ring (bicyclic) bond motifs is 1. The minimum atomic E-state index is -0.698. The Morgan fingerprint density at radius 1 is 1.00 bits per heavy atom. The summed E-state index contributed by atoms with van der Waals surface area (Å²) in [5.41, 5.74) is -0.212. The predicted molar refractivity (Wildman–Crippen MR) is 117 cm³/mol. The Labute approximate surface area is 177 Å². The van der Waals surface area contributed by atoms with Crippen molar-refractivity contribution in [2.45, 2.75) is 0 Å². The van der Waals surface area contributed by atoms with Gasteiger partial charge < -0.3 is 19.3 Å². The summed E-state index contributed by atoms with van der Waals surface area (Å²) in [7, 11) is 2.97. The lowest BCUT2D eigenvalue weighted by molar-refractivity contribution is 0.0988. The molecule has 0 bridgehead atoms. The molecule has 0 fully saturated rings. The highest BCUT2D eigenvalue weighted by Crippen LogP contribution is 2.31. The molecule has 31 heavy (non-hydrogen) atoms. The number of halogens is 1. The van der Waals surface area contributed by atoms with Crippen molar-refractivity contribution < 1.29 is 19.0 Å². The van der Waals surface area contributed by atoms with Gasteiger partial charge in [0, 0.05) is 31.2 Å². The molecule has 1 heterocycles. The number of hydrogen-bond acceptors (Lipinski definition) is 4. The fourth-order valence-corrected chi connectivity index (χ4v) is 3.33. The Morgan fingerprint density at radius 2 is 1.68 bits per heavy atom. The summed E-state index contributed by atoms with van der Waals surface area (Å²) in [5, 5.41) is 11.1. The first-order chi connectivity index (χ1) is 14.9. The van der Waals surface area contributed by atoms with E-state index in [9.17, 15) is 19.1 Å². The average molecular weight is 418 g/mol. The van der Waals surface area contributed by atoms with Crippen molar-refractivity contribution in [3.63, 3.8) is 0 Å². The lowest BCUT2D eigenvalue weighted by atomic mass is 10.1. The van der Waals surface area contributed by atoms with Crippen molar-refractivity contribution in [1.82, 2.24) is 4.57 Å². The summed E-state index contributed by atoms with van der Waals surface area (Å²) in [6.07, 6.45) is 0. The number of aryl methyl sites for hydroxylation is 1. The molecule has 7 heteroatoms. The van der Waals surface area contributed by atoms with Crippen LogP contribution in [0, 0.1) is 5.82 Å². The zero-order chi connectivity index (χ0) is 22.1. The molecule has 6 nitrogen and oxygen atoms in total. The average Bonchev–Trinajstić information content (AvgIpc) is 2.78. The number of para-hydroxylation sites is 1. The molecule has 0 aliphatic carbocycles. The number of aromatic nitrogens is 1. The van der Waals surface area contributed by atoms with Gasteiger partial charge in [0.25, 0.3) is 11.5 Å². The van der Waals surface area contributed by atoms with E-state index in [-0.39, 0.29) is 5.56 Å². The molecule has 156 valence electrons. The molecule has 0 unspecified atom stereocenters. The van der Waals surface area contributed by atoms with Crippen LogP contribution in [0.1, 0.15) is 10.4 Å². The highest BCUT2D eigenvalue weighted by Gasteiger charge is 2.25. The zero-order valence-corrected chi connectivity index (χ0v) is 16.9. The van der Waals surface area contributed by atoms with Gasteiger partial charge >= 0.3 is 0 Å². The van der Waals surface area contributed by atoms with E-state index in [4.69, 9.17) is 4.74 Å². The summed E-state index contributed by atoms with van der Waals surface area (Å²) < 4.78 is 20.3. The van der Waals surface area contributed by atoms with E-state index in [1.54, 1.807) is 30.3 Å².